The zero-order chi connectivity index (χ0) is 35.1. The number of nitrogens with zero attached hydrogens (tertiary/aromatic N) is 2. The van der Waals surface area contributed by atoms with Crippen LogP contribution in [0.25, 0.3) is 0 Å². The maximum Gasteiger partial charge on any atom is 0.333 e. The molecule has 49 heavy (non-hydrogen) atoms. The molecule has 2 heterocycles. The van der Waals surface area contributed by atoms with Crippen molar-refractivity contribution in [3.8, 4) is 11.5 Å². The van der Waals surface area contributed by atoms with Crippen molar-refractivity contribution in [2.24, 2.45) is 0 Å². The number of ether oxygens (including phenoxy) is 3. The van der Waals surface area contributed by atoms with Crippen molar-refractivity contribution in [3.05, 3.63) is 106 Å². The van der Waals surface area contributed by atoms with E-state index in [-0.39, 0.29) is 23.1 Å². The van der Waals surface area contributed by atoms with Crippen LogP contribution in [-0.4, -0.2) is 91.5 Å². The maximum atomic E-state index is 13.8. The number of carbonyl (C=O) groups is 2. The first-order valence-electron chi connectivity index (χ1n) is 16.6. The van der Waals surface area contributed by atoms with E-state index in [4.69, 9.17) is 14.2 Å². The molecule has 2 atom stereocenters. The van der Waals surface area contributed by atoms with E-state index in [1.54, 1.807) is 38.5 Å². The number of hydrogen-bond acceptors (Lipinski definition) is 7. The lowest BCUT2D eigenvalue weighted by molar-refractivity contribution is -0.136. The smallest absolute Gasteiger partial charge is 0.333 e. The van der Waals surface area contributed by atoms with E-state index in [1.165, 1.54) is 24.3 Å². The third-order valence-electron chi connectivity index (χ3n) is 9.96. The lowest BCUT2D eigenvalue weighted by Gasteiger charge is -2.45. The summed E-state index contributed by atoms with van der Waals surface area (Å²) >= 11 is 0. The van der Waals surface area contributed by atoms with Crippen molar-refractivity contribution >= 4 is 11.9 Å². The van der Waals surface area contributed by atoms with E-state index >= 15 is 0 Å². The molecular formula is C38H44F2N2O7. The summed E-state index contributed by atoms with van der Waals surface area (Å²) < 4.78 is 45.2. The summed E-state index contributed by atoms with van der Waals surface area (Å²) in [6.07, 6.45) is 3.34. The van der Waals surface area contributed by atoms with Gasteiger partial charge in [-0.05, 0) is 90.9 Å². The van der Waals surface area contributed by atoms with E-state index in [2.05, 4.69) is 11.8 Å². The predicted octanol–water partition coefficient (Wildman–Crippen LogP) is 5.85. The Kier molecular flexibility index (Phi) is 11.7. The fourth-order valence-electron chi connectivity index (χ4n) is 7.29. The lowest BCUT2D eigenvalue weighted by Crippen LogP contribution is -2.56. The molecule has 3 aromatic rings. The molecule has 1 saturated heterocycles. The highest BCUT2D eigenvalue weighted by molar-refractivity contribution is 5.95. The number of carboxylic acid groups (broad SMARTS) is 2. The van der Waals surface area contributed by atoms with Crippen molar-refractivity contribution in [3.63, 3.8) is 0 Å². The second-order valence-electron chi connectivity index (χ2n) is 12.6. The van der Waals surface area contributed by atoms with Gasteiger partial charge in [-0.15, -0.1) is 0 Å². The fourth-order valence-corrected chi connectivity index (χ4v) is 7.29. The van der Waals surface area contributed by atoms with Gasteiger partial charge in [0.1, 0.15) is 11.6 Å². The van der Waals surface area contributed by atoms with Crippen molar-refractivity contribution in [2.75, 3.05) is 53.6 Å². The van der Waals surface area contributed by atoms with Gasteiger partial charge in [0.15, 0.2) is 11.5 Å². The van der Waals surface area contributed by atoms with Crippen LogP contribution in [0, 0.1) is 11.6 Å². The third kappa shape index (κ3) is 8.29. The Labute approximate surface area is 285 Å². The van der Waals surface area contributed by atoms with Gasteiger partial charge in [0, 0.05) is 38.2 Å². The Hall–Kier alpha value is -4.32. The van der Waals surface area contributed by atoms with Crippen molar-refractivity contribution in [2.45, 2.75) is 50.2 Å². The van der Waals surface area contributed by atoms with Crippen molar-refractivity contribution in [1.29, 1.82) is 0 Å². The minimum absolute atomic E-state index is 0.158. The number of benzene rings is 3. The molecular weight excluding hydrogens is 634 g/mol. The van der Waals surface area contributed by atoms with Crippen molar-refractivity contribution < 1.29 is 42.8 Å². The standard InChI is InChI=1S/C38H44F2N2O7/c1-4-38(32-23-35(48-3)34(47-2)21-27(32)14-20-49-38)15-17-42-19-18-41(24-33(42)31(37(45)46)22-36(43)44)16-13-30(25-5-9-28(39)10-6-25)26-7-11-29(40)12-8-26/h5-12,21-23,30,33H,4,13-20,24H2,1-3H3,(H,43,44)(H,45,46)/b31-22-. The van der Waals surface area contributed by atoms with Gasteiger partial charge in [-0.3, -0.25) is 4.90 Å². The fraction of sp³-hybridized carbons (Fsp3) is 0.421. The third-order valence-corrected chi connectivity index (χ3v) is 9.96. The minimum atomic E-state index is -1.32. The van der Waals surface area contributed by atoms with Crippen molar-refractivity contribution in [1.82, 2.24) is 9.80 Å². The topological polar surface area (TPSA) is 109 Å². The van der Waals surface area contributed by atoms with Gasteiger partial charge >= 0.3 is 11.9 Å². The zero-order valence-electron chi connectivity index (χ0n) is 28.2. The molecule has 3 aromatic carbocycles. The largest absolute Gasteiger partial charge is 0.493 e. The number of piperazine rings is 1. The summed E-state index contributed by atoms with van der Waals surface area (Å²) in [6, 6.07) is 15.8. The zero-order valence-corrected chi connectivity index (χ0v) is 28.2. The molecule has 2 aliphatic rings. The number of rotatable bonds is 14. The number of halogens is 2. The van der Waals surface area contributed by atoms with Crippen LogP contribution in [0.2, 0.25) is 0 Å². The maximum absolute atomic E-state index is 13.8. The molecule has 5 rings (SSSR count). The van der Waals surface area contributed by atoms with E-state index in [9.17, 15) is 28.6 Å². The van der Waals surface area contributed by atoms with Gasteiger partial charge in [-0.25, -0.2) is 18.4 Å². The summed E-state index contributed by atoms with van der Waals surface area (Å²) in [6.45, 7) is 5.04. The predicted molar refractivity (Wildman–Crippen MR) is 180 cm³/mol. The Bertz CT molecular complexity index is 1600. The number of carboxylic acids is 2. The normalized spacial score (nSPS) is 20.2. The van der Waals surface area contributed by atoms with Crippen LogP contribution in [0.1, 0.15) is 54.4 Å². The molecule has 0 aliphatic carbocycles. The van der Waals surface area contributed by atoms with Crippen LogP contribution in [0.5, 0.6) is 11.5 Å². The Morgan fingerprint density at radius 3 is 2.12 bits per heavy atom. The second kappa shape index (κ2) is 15.9. The summed E-state index contributed by atoms with van der Waals surface area (Å²) in [7, 11) is 3.20. The summed E-state index contributed by atoms with van der Waals surface area (Å²) in [5.74, 6) is -2.21. The van der Waals surface area contributed by atoms with E-state index in [0.29, 0.717) is 70.1 Å². The number of hydrogen-bond donors (Lipinski definition) is 2. The molecule has 262 valence electrons. The molecule has 2 aliphatic heterocycles. The summed E-state index contributed by atoms with van der Waals surface area (Å²) in [5, 5.41) is 19.8. The van der Waals surface area contributed by atoms with Crippen LogP contribution in [0.4, 0.5) is 8.78 Å². The molecule has 0 spiro atoms. The van der Waals surface area contributed by atoms with Gasteiger partial charge in [0.25, 0.3) is 0 Å². The molecule has 2 N–H and O–H groups in total. The molecule has 0 radical (unpaired) electrons. The van der Waals surface area contributed by atoms with Gasteiger partial charge in [-0.1, -0.05) is 31.2 Å². The monoisotopic (exact) mass is 678 g/mol. The van der Waals surface area contributed by atoms with E-state index < -0.39 is 23.6 Å². The number of aliphatic carboxylic acids is 2. The average Bonchev–Trinajstić information content (AvgIpc) is 3.10. The van der Waals surface area contributed by atoms with E-state index in [1.807, 2.05) is 17.0 Å². The molecule has 11 heteroatoms. The Balaban J connectivity index is 1.38. The minimum Gasteiger partial charge on any atom is -0.493 e. The molecule has 2 unspecified atom stereocenters. The molecule has 0 saturated carbocycles. The quantitative estimate of drug-likeness (QED) is 0.203. The second-order valence-corrected chi connectivity index (χ2v) is 12.6. The van der Waals surface area contributed by atoms with Crippen LogP contribution in [0.3, 0.4) is 0 Å². The highest BCUT2D eigenvalue weighted by Gasteiger charge is 2.40. The van der Waals surface area contributed by atoms with Crippen LogP contribution < -0.4 is 9.47 Å². The van der Waals surface area contributed by atoms with Crippen LogP contribution in [-0.2, 0) is 26.3 Å². The first kappa shape index (κ1) is 36.0. The summed E-state index contributed by atoms with van der Waals surface area (Å²) in [4.78, 5) is 28.5. The van der Waals surface area contributed by atoms with Gasteiger partial charge in [0.2, 0.25) is 0 Å². The van der Waals surface area contributed by atoms with Gasteiger partial charge in [-0.2, -0.15) is 0 Å². The lowest BCUT2D eigenvalue weighted by atomic mass is 9.81. The SMILES string of the molecule is CCC1(CCN2CCN(CCC(c3ccc(F)cc3)c3ccc(F)cc3)CC2/C(=C/C(=O)O)C(=O)O)OCCc2cc(OC)c(OC)cc21. The van der Waals surface area contributed by atoms with Crippen LogP contribution >= 0.6 is 0 Å². The molecule has 9 nitrogen and oxygen atoms in total. The Morgan fingerprint density at radius 1 is 0.959 bits per heavy atom. The van der Waals surface area contributed by atoms with Gasteiger partial charge in [0.05, 0.1) is 38.0 Å². The highest BCUT2D eigenvalue weighted by Crippen LogP contribution is 2.44. The highest BCUT2D eigenvalue weighted by atomic mass is 19.1. The average molecular weight is 679 g/mol. The van der Waals surface area contributed by atoms with Gasteiger partial charge < -0.3 is 29.3 Å². The molecule has 0 aromatic heterocycles. The first-order valence-corrected chi connectivity index (χ1v) is 16.6. The van der Waals surface area contributed by atoms with Crippen LogP contribution in [0.15, 0.2) is 72.3 Å². The molecule has 0 amide bonds. The van der Waals surface area contributed by atoms with E-state index in [0.717, 1.165) is 34.8 Å². The molecule has 0 bridgehead atoms. The number of fused-ring (bicyclic) bond motifs is 1. The number of methoxy groups -OCH3 is 2. The summed E-state index contributed by atoms with van der Waals surface area (Å²) in [5.41, 5.74) is 3.06. The Morgan fingerprint density at radius 2 is 1.57 bits per heavy atom. The first-order chi connectivity index (χ1) is 23.6. The molecule has 1 fully saturated rings.